The van der Waals surface area contributed by atoms with E-state index >= 15 is 0 Å². The van der Waals surface area contributed by atoms with Gasteiger partial charge in [0.25, 0.3) is 0 Å². The summed E-state index contributed by atoms with van der Waals surface area (Å²) in [4.78, 5) is 23.9. The first-order chi connectivity index (χ1) is 13.2. The number of benzene rings is 1. The lowest BCUT2D eigenvalue weighted by atomic mass is 10.1. The van der Waals surface area contributed by atoms with Gasteiger partial charge in [-0.1, -0.05) is 23.9 Å². The number of nitrogens with zero attached hydrogens (tertiary/aromatic N) is 2. The summed E-state index contributed by atoms with van der Waals surface area (Å²) < 4.78 is 19.0. The summed E-state index contributed by atoms with van der Waals surface area (Å²) in [5, 5.41) is 3.59. The van der Waals surface area contributed by atoms with E-state index in [9.17, 15) is 9.18 Å². The van der Waals surface area contributed by atoms with Crippen LogP contribution in [0.15, 0.2) is 41.8 Å². The number of ether oxygens (including phenoxy) is 1. The molecule has 1 aromatic carbocycles. The zero-order valence-corrected chi connectivity index (χ0v) is 15.4. The molecule has 0 saturated carbocycles. The Morgan fingerprint density at radius 3 is 3.15 bits per heavy atom. The normalized spacial score (nSPS) is 16.7. The quantitative estimate of drug-likeness (QED) is 0.503. The van der Waals surface area contributed by atoms with Gasteiger partial charge in [0.15, 0.2) is 0 Å². The zero-order valence-electron chi connectivity index (χ0n) is 14.6. The molecule has 4 rings (SSSR count). The number of rotatable bonds is 6. The molecule has 1 unspecified atom stereocenters. The molecular formula is C19H19FN4O2S. The zero-order chi connectivity index (χ0) is 18.6. The number of carbonyl (C=O) groups excluding carboxylic acids is 1. The minimum atomic E-state index is -0.298. The lowest BCUT2D eigenvalue weighted by molar-refractivity contribution is -0.119. The first kappa shape index (κ1) is 17.9. The van der Waals surface area contributed by atoms with E-state index in [2.05, 4.69) is 20.3 Å². The molecule has 0 spiro atoms. The molecule has 0 radical (unpaired) electrons. The van der Waals surface area contributed by atoms with E-state index in [-0.39, 0.29) is 23.6 Å². The van der Waals surface area contributed by atoms with Crippen LogP contribution in [0.1, 0.15) is 12.8 Å². The predicted molar refractivity (Wildman–Crippen MR) is 102 cm³/mol. The molecule has 140 valence electrons. The Morgan fingerprint density at radius 2 is 2.33 bits per heavy atom. The summed E-state index contributed by atoms with van der Waals surface area (Å²) in [6.07, 6.45) is 5.42. The van der Waals surface area contributed by atoms with Crippen LogP contribution in [-0.2, 0) is 9.53 Å². The van der Waals surface area contributed by atoms with Crippen molar-refractivity contribution >= 4 is 28.7 Å². The fourth-order valence-corrected chi connectivity index (χ4v) is 3.91. The molecule has 0 bridgehead atoms. The molecule has 1 aliphatic rings. The molecular weight excluding hydrogens is 367 g/mol. The van der Waals surface area contributed by atoms with E-state index in [1.165, 1.54) is 30.2 Å². The van der Waals surface area contributed by atoms with Crippen LogP contribution in [0.5, 0.6) is 0 Å². The minimum absolute atomic E-state index is 0.0563. The summed E-state index contributed by atoms with van der Waals surface area (Å²) in [7, 11) is 0. The Balaban J connectivity index is 1.45. The van der Waals surface area contributed by atoms with Gasteiger partial charge in [0, 0.05) is 24.9 Å². The first-order valence-electron chi connectivity index (χ1n) is 8.80. The summed E-state index contributed by atoms with van der Waals surface area (Å²) in [5.74, 6) is -0.0970. The number of amides is 1. The van der Waals surface area contributed by atoms with Crippen molar-refractivity contribution in [2.24, 2.45) is 0 Å². The highest BCUT2D eigenvalue weighted by Crippen LogP contribution is 2.31. The number of H-pyrrole nitrogens is 1. The summed E-state index contributed by atoms with van der Waals surface area (Å²) in [6, 6.07) is 6.37. The highest BCUT2D eigenvalue weighted by molar-refractivity contribution is 8.00. The molecule has 2 aromatic heterocycles. The Labute approximate surface area is 159 Å². The van der Waals surface area contributed by atoms with Gasteiger partial charge in [-0.05, 0) is 30.5 Å². The number of aromatic amines is 1. The van der Waals surface area contributed by atoms with Gasteiger partial charge in [-0.2, -0.15) is 0 Å². The molecule has 6 nitrogen and oxygen atoms in total. The average Bonchev–Trinajstić information content (AvgIpc) is 3.34. The van der Waals surface area contributed by atoms with Crippen molar-refractivity contribution < 1.29 is 13.9 Å². The molecule has 1 aliphatic heterocycles. The number of fused-ring (bicyclic) bond motifs is 1. The van der Waals surface area contributed by atoms with E-state index in [0.717, 1.165) is 36.1 Å². The van der Waals surface area contributed by atoms with Gasteiger partial charge in [-0.3, -0.25) is 4.79 Å². The molecule has 1 fully saturated rings. The van der Waals surface area contributed by atoms with Crippen molar-refractivity contribution in [1.82, 2.24) is 20.3 Å². The molecule has 8 heteroatoms. The van der Waals surface area contributed by atoms with Gasteiger partial charge in [0.05, 0.1) is 17.4 Å². The molecule has 3 heterocycles. The minimum Gasteiger partial charge on any atom is -0.376 e. The predicted octanol–water partition coefficient (Wildman–Crippen LogP) is 3.15. The standard InChI is InChI=1S/C19H19FN4O2S/c20-13-4-1-3-12(7-13)15-9-22-18-17(15)23-11-24-19(18)27-10-16(25)21-8-14-5-2-6-26-14/h1,3-4,7,9,11,14,22H,2,5-6,8,10H2,(H,21,25). The largest absolute Gasteiger partial charge is 0.376 e. The van der Waals surface area contributed by atoms with Gasteiger partial charge in [0.2, 0.25) is 5.91 Å². The molecule has 2 N–H and O–H groups in total. The van der Waals surface area contributed by atoms with Gasteiger partial charge < -0.3 is 15.0 Å². The third-order valence-electron chi connectivity index (χ3n) is 4.45. The fourth-order valence-electron chi connectivity index (χ4n) is 3.12. The lowest BCUT2D eigenvalue weighted by Gasteiger charge is -2.10. The molecule has 0 aliphatic carbocycles. The Hall–Kier alpha value is -2.45. The SMILES string of the molecule is O=C(CSc1ncnc2c(-c3cccc(F)c3)c[nH]c12)NCC1CCCO1. The molecule has 1 amide bonds. The van der Waals surface area contributed by atoms with Crippen molar-refractivity contribution in [3.05, 3.63) is 42.6 Å². The molecule has 27 heavy (non-hydrogen) atoms. The monoisotopic (exact) mass is 386 g/mol. The van der Waals surface area contributed by atoms with Crippen LogP contribution in [-0.4, -0.2) is 45.9 Å². The van der Waals surface area contributed by atoms with Crippen molar-refractivity contribution in [2.45, 2.75) is 24.0 Å². The maximum absolute atomic E-state index is 13.5. The second-order valence-electron chi connectivity index (χ2n) is 6.34. The highest BCUT2D eigenvalue weighted by Gasteiger charge is 2.17. The second kappa shape index (κ2) is 8.06. The smallest absolute Gasteiger partial charge is 0.230 e. The number of hydrogen-bond acceptors (Lipinski definition) is 5. The molecule has 3 aromatic rings. The third kappa shape index (κ3) is 4.12. The summed E-state index contributed by atoms with van der Waals surface area (Å²) >= 11 is 1.34. The van der Waals surface area contributed by atoms with Crippen LogP contribution in [0, 0.1) is 5.82 Å². The van der Waals surface area contributed by atoms with Crippen LogP contribution in [0.25, 0.3) is 22.2 Å². The second-order valence-corrected chi connectivity index (χ2v) is 7.31. The molecule has 1 atom stereocenters. The Morgan fingerprint density at radius 1 is 1.41 bits per heavy atom. The highest BCUT2D eigenvalue weighted by atomic mass is 32.2. The lowest BCUT2D eigenvalue weighted by Crippen LogP contribution is -2.32. The Kier molecular flexibility index (Phi) is 5.35. The average molecular weight is 386 g/mol. The van der Waals surface area contributed by atoms with Crippen LogP contribution >= 0.6 is 11.8 Å². The Bertz CT molecular complexity index is 956. The topological polar surface area (TPSA) is 79.9 Å². The maximum atomic E-state index is 13.5. The van der Waals surface area contributed by atoms with E-state index in [0.29, 0.717) is 17.1 Å². The summed E-state index contributed by atoms with van der Waals surface area (Å²) in [6.45, 7) is 1.32. The van der Waals surface area contributed by atoms with Crippen molar-refractivity contribution in [3.8, 4) is 11.1 Å². The first-order valence-corrected chi connectivity index (χ1v) is 9.78. The summed E-state index contributed by atoms with van der Waals surface area (Å²) in [5.41, 5.74) is 2.99. The van der Waals surface area contributed by atoms with Gasteiger partial charge in [-0.25, -0.2) is 14.4 Å². The maximum Gasteiger partial charge on any atom is 0.230 e. The number of hydrogen-bond donors (Lipinski definition) is 2. The molecule has 1 saturated heterocycles. The van der Waals surface area contributed by atoms with Gasteiger partial charge >= 0.3 is 0 Å². The number of thioether (sulfide) groups is 1. The number of aromatic nitrogens is 3. The van der Waals surface area contributed by atoms with Crippen LogP contribution in [0.3, 0.4) is 0 Å². The van der Waals surface area contributed by atoms with E-state index in [4.69, 9.17) is 4.74 Å². The van der Waals surface area contributed by atoms with Crippen LogP contribution in [0.4, 0.5) is 4.39 Å². The van der Waals surface area contributed by atoms with Crippen LogP contribution in [0.2, 0.25) is 0 Å². The van der Waals surface area contributed by atoms with Crippen molar-refractivity contribution in [1.29, 1.82) is 0 Å². The number of halogens is 1. The van der Waals surface area contributed by atoms with Gasteiger partial charge in [0.1, 0.15) is 22.7 Å². The van der Waals surface area contributed by atoms with Gasteiger partial charge in [-0.15, -0.1) is 0 Å². The van der Waals surface area contributed by atoms with Crippen LogP contribution < -0.4 is 5.32 Å². The van der Waals surface area contributed by atoms with E-state index < -0.39 is 0 Å². The number of carbonyl (C=O) groups is 1. The van der Waals surface area contributed by atoms with Crippen molar-refractivity contribution in [2.75, 3.05) is 18.9 Å². The fraction of sp³-hybridized carbons (Fsp3) is 0.316. The van der Waals surface area contributed by atoms with E-state index in [1.807, 2.05) is 6.07 Å². The van der Waals surface area contributed by atoms with E-state index in [1.54, 1.807) is 12.3 Å². The van der Waals surface area contributed by atoms with Crippen molar-refractivity contribution in [3.63, 3.8) is 0 Å². The third-order valence-corrected chi connectivity index (χ3v) is 5.44. The number of nitrogens with one attached hydrogen (secondary N) is 2.